The van der Waals surface area contributed by atoms with E-state index in [1.54, 1.807) is 0 Å². The number of rotatable bonds is 2. The maximum absolute atomic E-state index is 10.8. The Kier molecular flexibility index (Phi) is 3.15. The summed E-state index contributed by atoms with van der Waals surface area (Å²) in [5.74, 6) is 0. The largest absolute Gasteiger partial charge is 0.374 e. The van der Waals surface area contributed by atoms with Crippen molar-refractivity contribution < 1.29 is 4.21 Å². The molecule has 0 aliphatic heterocycles. The van der Waals surface area contributed by atoms with Crippen LogP contribution in [0.5, 0.6) is 0 Å². The highest BCUT2D eigenvalue weighted by Crippen LogP contribution is 2.10. The lowest BCUT2D eigenvalue weighted by atomic mass is 10.1. The van der Waals surface area contributed by atoms with Crippen molar-refractivity contribution in [3.63, 3.8) is 0 Å². The molecule has 0 amide bonds. The van der Waals surface area contributed by atoms with Crippen molar-refractivity contribution in [1.29, 1.82) is 0 Å². The normalized spacial score (nSPS) is 18.9. The summed E-state index contributed by atoms with van der Waals surface area (Å²) in [4.78, 5) is 0.793. The minimum absolute atomic E-state index is 0.0000926. The molecule has 3 heteroatoms. The Morgan fingerprint density at radius 3 is 2.67 bits per heavy atom. The molecule has 1 aliphatic rings. The van der Waals surface area contributed by atoms with Crippen LogP contribution >= 0.6 is 0 Å². The van der Waals surface area contributed by atoms with Crippen molar-refractivity contribution in [2.45, 2.75) is 6.04 Å². The molecule has 1 aromatic carbocycles. The highest BCUT2D eigenvalue weighted by atomic mass is 32.1. The Balaban J connectivity index is 2.16. The number of nitrogens with one attached hydrogen (secondary N) is 1. The van der Waals surface area contributed by atoms with Gasteiger partial charge in [-0.2, -0.15) is 0 Å². The summed E-state index contributed by atoms with van der Waals surface area (Å²) in [7, 11) is 0. The molecule has 1 aliphatic carbocycles. The lowest BCUT2D eigenvalue weighted by Gasteiger charge is -2.16. The molecule has 0 fully saturated rings. The average molecular weight is 217 g/mol. The van der Waals surface area contributed by atoms with Gasteiger partial charge < -0.3 is 5.32 Å². The molecule has 0 radical (unpaired) electrons. The molecule has 0 saturated carbocycles. The zero-order chi connectivity index (χ0) is 10.5. The van der Waals surface area contributed by atoms with Crippen molar-refractivity contribution in [1.82, 2.24) is 0 Å². The summed E-state index contributed by atoms with van der Waals surface area (Å²) in [5, 5.41) is 3.29. The predicted molar refractivity (Wildman–Crippen MR) is 65.3 cm³/mol. The quantitative estimate of drug-likeness (QED) is 0.767. The predicted octanol–water partition coefficient (Wildman–Crippen LogP) is 1.98. The van der Waals surface area contributed by atoms with E-state index in [0.29, 0.717) is 11.3 Å². The van der Waals surface area contributed by atoms with Gasteiger partial charge in [-0.15, -0.1) is 0 Å². The second-order valence-electron chi connectivity index (χ2n) is 3.22. The molecule has 2 rings (SSSR count). The van der Waals surface area contributed by atoms with E-state index in [9.17, 15) is 4.21 Å². The minimum atomic E-state index is -0.0000926. The maximum atomic E-state index is 10.8. The van der Waals surface area contributed by atoms with Crippen LogP contribution in [0.1, 0.15) is 0 Å². The zero-order valence-electron chi connectivity index (χ0n) is 8.09. The fourth-order valence-corrected chi connectivity index (χ4v) is 1.81. The molecule has 0 bridgehead atoms. The lowest BCUT2D eigenvalue weighted by Crippen LogP contribution is -2.27. The molecule has 0 heterocycles. The lowest BCUT2D eigenvalue weighted by molar-refractivity contribution is 0.700. The summed E-state index contributed by atoms with van der Waals surface area (Å²) >= 11 is 0.539. The van der Waals surface area contributed by atoms with Crippen LogP contribution in [0.4, 0.5) is 5.69 Å². The first kappa shape index (κ1) is 9.93. The third kappa shape index (κ3) is 2.44. The summed E-state index contributed by atoms with van der Waals surface area (Å²) in [6, 6.07) is 9.87. The second-order valence-corrected chi connectivity index (χ2v) is 3.86. The van der Waals surface area contributed by atoms with Gasteiger partial charge in [-0.05, 0) is 18.2 Å². The van der Waals surface area contributed by atoms with Gasteiger partial charge in [0.05, 0.1) is 22.2 Å². The summed E-state index contributed by atoms with van der Waals surface area (Å²) < 4.78 is 10.8. The van der Waals surface area contributed by atoms with E-state index in [2.05, 4.69) is 5.32 Å². The number of allylic oxidation sites excluding steroid dienone is 2. The maximum Gasteiger partial charge on any atom is 0.0946 e. The first-order chi connectivity index (χ1) is 7.40. The summed E-state index contributed by atoms with van der Waals surface area (Å²) in [6.45, 7) is 0. The van der Waals surface area contributed by atoms with Crippen molar-refractivity contribution in [2.75, 3.05) is 5.32 Å². The number of hydrogen-bond donors (Lipinski definition) is 1. The van der Waals surface area contributed by atoms with Crippen LogP contribution in [-0.4, -0.2) is 15.1 Å². The molecule has 15 heavy (non-hydrogen) atoms. The van der Waals surface area contributed by atoms with Gasteiger partial charge in [0, 0.05) is 5.69 Å². The molecular formula is C12H11NOS. The topological polar surface area (TPSA) is 29.1 Å². The van der Waals surface area contributed by atoms with Crippen molar-refractivity contribution in [3.8, 4) is 0 Å². The van der Waals surface area contributed by atoms with Crippen LogP contribution in [0.2, 0.25) is 0 Å². The van der Waals surface area contributed by atoms with Gasteiger partial charge in [0.1, 0.15) is 0 Å². The van der Waals surface area contributed by atoms with Crippen LogP contribution in [0, 0.1) is 0 Å². The highest BCUT2D eigenvalue weighted by molar-refractivity contribution is 7.67. The van der Waals surface area contributed by atoms with Gasteiger partial charge in [0.25, 0.3) is 0 Å². The molecule has 0 saturated heterocycles. The Labute approximate surface area is 92.4 Å². The fourth-order valence-electron chi connectivity index (χ4n) is 1.44. The second kappa shape index (κ2) is 4.75. The molecule has 1 atom stereocenters. The van der Waals surface area contributed by atoms with E-state index in [1.165, 1.54) is 0 Å². The SMILES string of the molecule is O=S=C1C=CC=CC1Nc1ccccc1. The van der Waals surface area contributed by atoms with Gasteiger partial charge in [-0.3, -0.25) is 0 Å². The van der Waals surface area contributed by atoms with Crippen molar-refractivity contribution >= 4 is 21.8 Å². The Morgan fingerprint density at radius 2 is 1.93 bits per heavy atom. The third-order valence-corrected chi connectivity index (χ3v) is 2.76. The number of para-hydroxylation sites is 1. The van der Waals surface area contributed by atoms with E-state index >= 15 is 0 Å². The van der Waals surface area contributed by atoms with Crippen LogP contribution in [-0.2, 0) is 11.3 Å². The van der Waals surface area contributed by atoms with E-state index < -0.39 is 0 Å². The highest BCUT2D eigenvalue weighted by Gasteiger charge is 2.11. The Bertz CT molecular complexity index is 444. The van der Waals surface area contributed by atoms with Gasteiger partial charge in [0.2, 0.25) is 0 Å². The fraction of sp³-hybridized carbons (Fsp3) is 0.0833. The number of hydrogen-bond acceptors (Lipinski definition) is 2. The van der Waals surface area contributed by atoms with Crippen molar-refractivity contribution in [2.24, 2.45) is 0 Å². The van der Waals surface area contributed by atoms with Crippen LogP contribution < -0.4 is 5.32 Å². The first-order valence-electron chi connectivity index (χ1n) is 4.73. The van der Waals surface area contributed by atoms with Crippen LogP contribution in [0.15, 0.2) is 54.6 Å². The number of anilines is 1. The van der Waals surface area contributed by atoms with Crippen LogP contribution in [0.3, 0.4) is 0 Å². The smallest absolute Gasteiger partial charge is 0.0946 e. The monoisotopic (exact) mass is 217 g/mol. The van der Waals surface area contributed by atoms with E-state index in [1.807, 2.05) is 54.6 Å². The zero-order valence-corrected chi connectivity index (χ0v) is 8.91. The summed E-state index contributed by atoms with van der Waals surface area (Å²) in [5.41, 5.74) is 1.02. The third-order valence-electron chi connectivity index (χ3n) is 2.17. The standard InChI is InChI=1S/C12H11NOS/c14-15-12-9-5-4-8-11(12)13-10-6-2-1-3-7-10/h1-9,11,13H. The number of benzene rings is 1. The minimum Gasteiger partial charge on any atom is -0.374 e. The molecule has 1 aromatic rings. The van der Waals surface area contributed by atoms with Crippen LogP contribution in [0.25, 0.3) is 0 Å². The van der Waals surface area contributed by atoms with E-state index in [4.69, 9.17) is 0 Å². The van der Waals surface area contributed by atoms with Crippen molar-refractivity contribution in [3.05, 3.63) is 54.6 Å². The average Bonchev–Trinajstić information content (AvgIpc) is 2.31. The molecule has 1 unspecified atom stereocenters. The molecule has 76 valence electrons. The molecule has 2 nitrogen and oxygen atoms in total. The molecular weight excluding hydrogens is 206 g/mol. The van der Waals surface area contributed by atoms with E-state index in [0.717, 1.165) is 10.6 Å². The molecule has 1 N–H and O–H groups in total. The first-order valence-corrected chi connectivity index (χ1v) is 5.47. The van der Waals surface area contributed by atoms with Gasteiger partial charge in [-0.1, -0.05) is 36.4 Å². The van der Waals surface area contributed by atoms with Gasteiger partial charge in [0.15, 0.2) is 0 Å². The van der Waals surface area contributed by atoms with Gasteiger partial charge >= 0.3 is 0 Å². The van der Waals surface area contributed by atoms with Gasteiger partial charge in [-0.25, -0.2) is 4.21 Å². The van der Waals surface area contributed by atoms with E-state index in [-0.39, 0.29) is 6.04 Å². The molecule has 0 aromatic heterocycles. The Hall–Kier alpha value is -1.61. The molecule has 0 spiro atoms. The summed E-state index contributed by atoms with van der Waals surface area (Å²) in [6.07, 6.45) is 7.65. The Morgan fingerprint density at radius 1 is 1.13 bits per heavy atom.